The van der Waals surface area contributed by atoms with Crippen molar-refractivity contribution in [1.29, 1.82) is 0 Å². The quantitative estimate of drug-likeness (QED) is 0.801. The molecule has 0 saturated carbocycles. The highest BCUT2D eigenvalue weighted by atomic mass is 32.2. The Hall–Kier alpha value is -0.500. The Labute approximate surface area is 130 Å². The number of nitrogens with zero attached hydrogens (tertiary/aromatic N) is 1. The largest absolute Gasteiger partial charge is 0.447 e. The van der Waals surface area contributed by atoms with Gasteiger partial charge in [0.2, 0.25) is 5.09 Å². The fraction of sp³-hybridized carbons (Fsp3) is 0.714. The zero-order chi connectivity index (χ0) is 14.7. The van der Waals surface area contributed by atoms with Crippen molar-refractivity contribution in [2.45, 2.75) is 42.6 Å². The van der Waals surface area contributed by atoms with Crippen molar-refractivity contribution >= 4 is 21.8 Å². The van der Waals surface area contributed by atoms with E-state index in [-0.39, 0.29) is 5.09 Å². The fourth-order valence-electron chi connectivity index (χ4n) is 2.70. The van der Waals surface area contributed by atoms with Gasteiger partial charge < -0.3 is 9.15 Å². The van der Waals surface area contributed by atoms with E-state index in [4.69, 9.17) is 9.15 Å². The van der Waals surface area contributed by atoms with Crippen LogP contribution in [0.4, 0.5) is 0 Å². The lowest BCUT2D eigenvalue weighted by Crippen LogP contribution is -2.27. The number of rotatable bonds is 6. The van der Waals surface area contributed by atoms with Crippen molar-refractivity contribution in [3.63, 3.8) is 0 Å². The highest BCUT2D eigenvalue weighted by Crippen LogP contribution is 2.25. The molecule has 0 aromatic carbocycles. The minimum absolute atomic E-state index is 0.0807. The third-order valence-electron chi connectivity index (χ3n) is 3.87. The molecule has 0 bridgehead atoms. The highest BCUT2D eigenvalue weighted by molar-refractivity contribution is 7.98. The van der Waals surface area contributed by atoms with Gasteiger partial charge in [-0.1, -0.05) is 0 Å². The lowest BCUT2D eigenvalue weighted by molar-refractivity contribution is 0.129. The van der Waals surface area contributed by atoms with Crippen molar-refractivity contribution in [3.8, 4) is 0 Å². The topological polar surface area (TPSA) is 59.8 Å². The van der Waals surface area contributed by atoms with Crippen molar-refractivity contribution < 1.29 is 17.6 Å². The molecule has 0 unspecified atom stereocenters. The Morgan fingerprint density at radius 2 is 2.05 bits per heavy atom. The van der Waals surface area contributed by atoms with Crippen LogP contribution in [0.1, 0.15) is 31.4 Å². The number of hydrogen-bond donors (Lipinski definition) is 0. The standard InChI is InChI=1S/C14H21NO4S2/c16-21(17,15-7-1-2-8-15)14-6-5-13(19-14)11-20-10-12-4-3-9-18-12/h5-6,12H,1-4,7-11H2/t12-/m1/s1. The maximum absolute atomic E-state index is 12.3. The predicted molar refractivity (Wildman–Crippen MR) is 81.8 cm³/mol. The Kier molecular flexibility index (Phi) is 4.93. The summed E-state index contributed by atoms with van der Waals surface area (Å²) in [6, 6.07) is 3.35. The molecule has 2 aliphatic heterocycles. The molecule has 7 heteroatoms. The van der Waals surface area contributed by atoms with Crippen LogP contribution in [0.15, 0.2) is 21.6 Å². The number of hydrogen-bond acceptors (Lipinski definition) is 5. The second-order valence-electron chi connectivity index (χ2n) is 5.48. The molecule has 2 saturated heterocycles. The summed E-state index contributed by atoms with van der Waals surface area (Å²) < 4.78 is 37.3. The number of ether oxygens (including phenoxy) is 1. The van der Waals surface area contributed by atoms with Crippen LogP contribution >= 0.6 is 11.8 Å². The average molecular weight is 331 g/mol. The van der Waals surface area contributed by atoms with Gasteiger partial charge in [0.05, 0.1) is 11.9 Å². The van der Waals surface area contributed by atoms with Gasteiger partial charge >= 0.3 is 0 Å². The number of thioether (sulfide) groups is 1. The maximum Gasteiger partial charge on any atom is 0.276 e. The van der Waals surface area contributed by atoms with E-state index in [2.05, 4.69) is 0 Å². The van der Waals surface area contributed by atoms with Gasteiger partial charge in [0.25, 0.3) is 10.0 Å². The summed E-state index contributed by atoms with van der Waals surface area (Å²) in [5.41, 5.74) is 0. The molecule has 0 aliphatic carbocycles. The Balaban J connectivity index is 1.55. The third kappa shape index (κ3) is 3.64. The number of sulfonamides is 1. The molecule has 1 aromatic heterocycles. The minimum Gasteiger partial charge on any atom is -0.447 e. The van der Waals surface area contributed by atoms with Gasteiger partial charge in [-0.25, -0.2) is 8.42 Å². The first-order chi connectivity index (χ1) is 10.2. The van der Waals surface area contributed by atoms with Crippen LogP contribution in [0.25, 0.3) is 0 Å². The van der Waals surface area contributed by atoms with E-state index >= 15 is 0 Å². The number of furan rings is 1. The summed E-state index contributed by atoms with van der Waals surface area (Å²) in [5.74, 6) is 2.35. The molecule has 3 rings (SSSR count). The van der Waals surface area contributed by atoms with Gasteiger partial charge in [0.15, 0.2) is 0 Å². The van der Waals surface area contributed by atoms with Gasteiger partial charge in [0, 0.05) is 25.4 Å². The van der Waals surface area contributed by atoms with Crippen LogP contribution in [-0.4, -0.2) is 44.3 Å². The summed E-state index contributed by atoms with van der Waals surface area (Å²) in [4.78, 5) is 0. The average Bonchev–Trinajstić information content (AvgIpc) is 3.22. The normalized spacial score (nSPS) is 23.9. The summed E-state index contributed by atoms with van der Waals surface area (Å²) in [7, 11) is -3.43. The molecule has 0 N–H and O–H groups in total. The second-order valence-corrected chi connectivity index (χ2v) is 8.38. The monoisotopic (exact) mass is 331 g/mol. The minimum atomic E-state index is -3.43. The van der Waals surface area contributed by atoms with Crippen molar-refractivity contribution in [2.75, 3.05) is 25.4 Å². The summed E-state index contributed by atoms with van der Waals surface area (Å²) in [6.07, 6.45) is 4.48. The van der Waals surface area contributed by atoms with Crippen molar-refractivity contribution in [2.24, 2.45) is 0 Å². The Morgan fingerprint density at radius 1 is 1.24 bits per heavy atom. The lowest BCUT2D eigenvalue weighted by atomic mass is 10.3. The van der Waals surface area contributed by atoms with Crippen molar-refractivity contribution in [1.82, 2.24) is 4.31 Å². The molecule has 2 fully saturated rings. The molecular weight excluding hydrogens is 310 g/mol. The molecule has 118 valence electrons. The molecule has 1 aromatic rings. The fourth-order valence-corrected chi connectivity index (χ4v) is 5.14. The molecule has 0 amide bonds. The van der Waals surface area contributed by atoms with Crippen LogP contribution in [0.2, 0.25) is 0 Å². The van der Waals surface area contributed by atoms with Gasteiger partial charge in [-0.15, -0.1) is 0 Å². The third-order valence-corrected chi connectivity index (χ3v) is 6.74. The summed E-state index contributed by atoms with van der Waals surface area (Å²) in [6.45, 7) is 2.07. The first-order valence-corrected chi connectivity index (χ1v) is 10.0. The smallest absolute Gasteiger partial charge is 0.276 e. The van der Waals surface area contributed by atoms with E-state index in [1.807, 2.05) is 0 Å². The SMILES string of the molecule is O=S(=O)(c1ccc(CSC[C@H]2CCCO2)o1)N1CCCC1. The van der Waals surface area contributed by atoms with E-state index in [1.165, 1.54) is 4.31 Å². The lowest BCUT2D eigenvalue weighted by Gasteiger charge is -2.12. The first kappa shape index (κ1) is 15.4. The van der Waals surface area contributed by atoms with E-state index < -0.39 is 10.0 Å². The van der Waals surface area contributed by atoms with Crippen LogP contribution < -0.4 is 0 Å². The molecule has 1 atom stereocenters. The van der Waals surface area contributed by atoms with Crippen LogP contribution in [-0.2, 0) is 20.5 Å². The van der Waals surface area contributed by atoms with Gasteiger partial charge in [-0.2, -0.15) is 16.1 Å². The first-order valence-electron chi connectivity index (χ1n) is 7.44. The molecule has 0 spiro atoms. The Morgan fingerprint density at radius 3 is 2.76 bits per heavy atom. The molecule has 3 heterocycles. The van der Waals surface area contributed by atoms with Crippen LogP contribution in [0.3, 0.4) is 0 Å². The van der Waals surface area contributed by atoms with Gasteiger partial charge in [0.1, 0.15) is 5.76 Å². The highest BCUT2D eigenvalue weighted by Gasteiger charge is 2.29. The molecule has 0 radical (unpaired) electrons. The van der Waals surface area contributed by atoms with Crippen LogP contribution in [0.5, 0.6) is 0 Å². The zero-order valence-electron chi connectivity index (χ0n) is 12.0. The van der Waals surface area contributed by atoms with E-state index in [1.54, 1.807) is 23.9 Å². The summed E-state index contributed by atoms with van der Waals surface area (Å²) in [5, 5.41) is 0.0807. The van der Waals surface area contributed by atoms with E-state index in [0.717, 1.165) is 43.8 Å². The second kappa shape index (κ2) is 6.73. The molecule has 5 nitrogen and oxygen atoms in total. The Bertz CT molecular complexity index is 557. The van der Waals surface area contributed by atoms with Gasteiger partial charge in [-0.3, -0.25) is 0 Å². The molecule has 21 heavy (non-hydrogen) atoms. The predicted octanol–water partition coefficient (Wildman–Crippen LogP) is 2.48. The maximum atomic E-state index is 12.3. The van der Waals surface area contributed by atoms with Crippen molar-refractivity contribution in [3.05, 3.63) is 17.9 Å². The van der Waals surface area contributed by atoms with Gasteiger partial charge in [-0.05, 0) is 37.8 Å². The summed E-state index contributed by atoms with van der Waals surface area (Å²) >= 11 is 1.73. The van der Waals surface area contributed by atoms with E-state index in [0.29, 0.717) is 24.9 Å². The zero-order valence-corrected chi connectivity index (χ0v) is 13.6. The molecular formula is C14H21NO4S2. The molecule has 2 aliphatic rings. The van der Waals surface area contributed by atoms with Crippen LogP contribution in [0, 0.1) is 0 Å². The van der Waals surface area contributed by atoms with E-state index in [9.17, 15) is 8.42 Å².